The van der Waals surface area contributed by atoms with Gasteiger partial charge in [-0.2, -0.15) is 0 Å². The molecule has 0 aromatic heterocycles. The molecule has 0 radical (unpaired) electrons. The fourth-order valence-electron chi connectivity index (χ4n) is 1.82. The number of nitrogens with one attached hydrogen (secondary N) is 3. The Bertz CT molecular complexity index is 408. The predicted molar refractivity (Wildman–Crippen MR) is 99.2 cm³/mol. The van der Waals surface area contributed by atoms with Crippen molar-refractivity contribution in [3.63, 3.8) is 0 Å². The topological polar surface area (TPSA) is 82.6 Å². The SMILES string of the molecule is C#CC1=CNC(CNC=O)C(OC)=C1.CC.CC.OC1CCNC1. The lowest BCUT2D eigenvalue weighted by atomic mass is 10.1. The van der Waals surface area contributed by atoms with E-state index in [0.717, 1.165) is 30.8 Å². The maximum absolute atomic E-state index is 10.1. The second-order valence-electron chi connectivity index (χ2n) is 4.39. The highest BCUT2D eigenvalue weighted by molar-refractivity contribution is 5.47. The molecule has 6 heteroatoms. The molecule has 1 amide bonds. The van der Waals surface area contributed by atoms with Crippen LogP contribution in [0.5, 0.6) is 0 Å². The number of aliphatic hydroxyl groups excluding tert-OH is 1. The van der Waals surface area contributed by atoms with Crippen molar-refractivity contribution in [2.45, 2.75) is 46.3 Å². The fourth-order valence-corrected chi connectivity index (χ4v) is 1.82. The van der Waals surface area contributed by atoms with Gasteiger partial charge in [0.2, 0.25) is 6.41 Å². The number of rotatable bonds is 4. The third-order valence-corrected chi connectivity index (χ3v) is 2.92. The summed E-state index contributed by atoms with van der Waals surface area (Å²) in [4.78, 5) is 10.1. The molecule has 0 aromatic rings. The van der Waals surface area contributed by atoms with Crippen molar-refractivity contribution in [2.24, 2.45) is 0 Å². The van der Waals surface area contributed by atoms with Crippen molar-refractivity contribution in [3.05, 3.63) is 23.6 Å². The van der Waals surface area contributed by atoms with E-state index in [1.807, 2.05) is 27.7 Å². The minimum Gasteiger partial charge on any atom is -0.499 e. The number of dihydropyridines is 1. The van der Waals surface area contributed by atoms with E-state index in [9.17, 15) is 4.79 Å². The zero-order chi connectivity index (χ0) is 18.8. The molecule has 0 spiro atoms. The van der Waals surface area contributed by atoms with Crippen LogP contribution in [0.2, 0.25) is 0 Å². The molecular formula is C18H33N3O3. The van der Waals surface area contributed by atoms with Crippen LogP contribution in [-0.2, 0) is 9.53 Å². The number of carbonyl (C=O) groups excluding carboxylic acids is 1. The average Bonchev–Trinajstić information content (AvgIpc) is 3.14. The van der Waals surface area contributed by atoms with Crippen LogP contribution in [0.1, 0.15) is 34.1 Å². The number of carbonyl (C=O) groups is 1. The van der Waals surface area contributed by atoms with Crippen LogP contribution in [0, 0.1) is 12.3 Å². The second kappa shape index (κ2) is 17.4. The van der Waals surface area contributed by atoms with E-state index in [1.54, 1.807) is 19.4 Å². The van der Waals surface area contributed by atoms with Crippen LogP contribution in [-0.4, -0.2) is 50.4 Å². The van der Waals surface area contributed by atoms with E-state index in [-0.39, 0.29) is 12.1 Å². The first-order chi connectivity index (χ1) is 11.7. The van der Waals surface area contributed by atoms with Crippen molar-refractivity contribution >= 4 is 6.41 Å². The number of β-amino-alcohol motifs (C(OH)–C–C–N with tert-alkyl or cyclic N) is 1. The highest BCUT2D eigenvalue weighted by Crippen LogP contribution is 2.12. The van der Waals surface area contributed by atoms with Crippen molar-refractivity contribution in [2.75, 3.05) is 26.7 Å². The van der Waals surface area contributed by atoms with Gasteiger partial charge in [-0.25, -0.2) is 0 Å². The molecule has 0 aromatic carbocycles. The van der Waals surface area contributed by atoms with E-state index in [4.69, 9.17) is 16.3 Å². The summed E-state index contributed by atoms with van der Waals surface area (Å²) in [6.07, 6.45) is 10.2. The summed E-state index contributed by atoms with van der Waals surface area (Å²) < 4.78 is 5.14. The van der Waals surface area contributed by atoms with Crippen LogP contribution < -0.4 is 16.0 Å². The number of hydrogen-bond donors (Lipinski definition) is 4. The lowest BCUT2D eigenvalue weighted by molar-refractivity contribution is -0.109. The van der Waals surface area contributed by atoms with Crippen molar-refractivity contribution in [1.29, 1.82) is 0 Å². The number of ether oxygens (including phenoxy) is 1. The molecule has 2 atom stereocenters. The molecule has 138 valence electrons. The third-order valence-electron chi connectivity index (χ3n) is 2.92. The zero-order valence-electron chi connectivity index (χ0n) is 15.6. The number of allylic oxidation sites excluding steroid dienone is 2. The molecule has 2 aliphatic heterocycles. The molecule has 0 aliphatic carbocycles. The molecule has 0 bridgehead atoms. The molecule has 1 fully saturated rings. The summed E-state index contributed by atoms with van der Waals surface area (Å²) in [5.74, 6) is 3.21. The summed E-state index contributed by atoms with van der Waals surface area (Å²) in [6.45, 7) is 10.2. The van der Waals surface area contributed by atoms with E-state index in [0.29, 0.717) is 13.0 Å². The highest BCUT2D eigenvalue weighted by atomic mass is 16.5. The van der Waals surface area contributed by atoms with Crippen molar-refractivity contribution in [1.82, 2.24) is 16.0 Å². The van der Waals surface area contributed by atoms with Gasteiger partial charge in [0.1, 0.15) is 11.8 Å². The maximum atomic E-state index is 10.1. The smallest absolute Gasteiger partial charge is 0.207 e. The third kappa shape index (κ3) is 10.7. The lowest BCUT2D eigenvalue weighted by Crippen LogP contribution is -2.39. The summed E-state index contributed by atoms with van der Waals surface area (Å²) in [6, 6.07) is -0.0534. The minimum atomic E-state index is -0.0648. The van der Waals surface area contributed by atoms with Gasteiger partial charge in [-0.15, -0.1) is 6.42 Å². The first kappa shape index (κ1) is 24.3. The Kier molecular flexibility index (Phi) is 17.6. The van der Waals surface area contributed by atoms with Gasteiger partial charge >= 0.3 is 0 Å². The van der Waals surface area contributed by atoms with Gasteiger partial charge in [-0.3, -0.25) is 4.79 Å². The minimum absolute atomic E-state index is 0.0534. The number of terminal acetylenes is 1. The number of hydrogen-bond acceptors (Lipinski definition) is 5. The molecule has 0 saturated carbocycles. The Morgan fingerprint density at radius 3 is 2.50 bits per heavy atom. The van der Waals surface area contributed by atoms with Gasteiger partial charge in [-0.05, 0) is 19.0 Å². The molecule has 24 heavy (non-hydrogen) atoms. The molecule has 2 unspecified atom stereocenters. The van der Waals surface area contributed by atoms with E-state index < -0.39 is 0 Å². The van der Waals surface area contributed by atoms with Crippen molar-refractivity contribution in [3.8, 4) is 12.3 Å². The Balaban J connectivity index is 0. The average molecular weight is 339 g/mol. The molecule has 1 saturated heterocycles. The second-order valence-corrected chi connectivity index (χ2v) is 4.39. The van der Waals surface area contributed by atoms with E-state index in [2.05, 4.69) is 21.9 Å². The van der Waals surface area contributed by atoms with Gasteiger partial charge in [0.05, 0.1) is 13.2 Å². The Morgan fingerprint density at radius 1 is 1.46 bits per heavy atom. The molecule has 2 aliphatic rings. The summed E-state index contributed by atoms with van der Waals surface area (Å²) in [7, 11) is 1.57. The first-order valence-electron chi connectivity index (χ1n) is 8.45. The number of aliphatic hydroxyl groups is 1. The van der Waals surface area contributed by atoms with Gasteiger partial charge in [-0.1, -0.05) is 33.6 Å². The van der Waals surface area contributed by atoms with E-state index >= 15 is 0 Å². The van der Waals surface area contributed by atoms with Crippen LogP contribution in [0.3, 0.4) is 0 Å². The quantitative estimate of drug-likeness (QED) is 0.456. The summed E-state index contributed by atoms with van der Waals surface area (Å²) in [5.41, 5.74) is 0.726. The molecule has 6 nitrogen and oxygen atoms in total. The summed E-state index contributed by atoms with van der Waals surface area (Å²) in [5, 5.41) is 17.3. The van der Waals surface area contributed by atoms with Crippen LogP contribution in [0.15, 0.2) is 23.6 Å². The van der Waals surface area contributed by atoms with Crippen LogP contribution in [0.4, 0.5) is 0 Å². The molecule has 2 heterocycles. The predicted octanol–water partition coefficient (Wildman–Crippen LogP) is 1.14. The van der Waals surface area contributed by atoms with Gasteiger partial charge in [0, 0.05) is 24.9 Å². The standard InChI is InChI=1S/C10H12N2O2.C4H9NO.2C2H6/c1-3-8-4-10(14-2)9(12-5-8)6-11-7-13;6-4-1-2-5-3-4;2*1-2/h1,4-5,7,9,12H,6H2,2H3,(H,11,13);4-6H,1-3H2;2*1-2H3. The maximum Gasteiger partial charge on any atom is 0.207 e. The molecule has 2 rings (SSSR count). The Hall–Kier alpha value is -1.97. The van der Waals surface area contributed by atoms with Crippen molar-refractivity contribution < 1.29 is 14.6 Å². The normalized spacial score (nSPS) is 20.5. The van der Waals surface area contributed by atoms with E-state index in [1.165, 1.54) is 0 Å². The zero-order valence-corrected chi connectivity index (χ0v) is 15.6. The fraction of sp³-hybridized carbons (Fsp3) is 0.611. The highest BCUT2D eigenvalue weighted by Gasteiger charge is 2.16. The first-order valence-corrected chi connectivity index (χ1v) is 8.45. The Labute approximate surface area is 146 Å². The summed E-state index contributed by atoms with van der Waals surface area (Å²) >= 11 is 0. The molecular weight excluding hydrogens is 306 g/mol. The number of amides is 1. The molecule has 4 N–H and O–H groups in total. The number of methoxy groups -OCH3 is 1. The van der Waals surface area contributed by atoms with Crippen LogP contribution in [0.25, 0.3) is 0 Å². The Morgan fingerprint density at radius 2 is 2.12 bits per heavy atom. The van der Waals surface area contributed by atoms with Gasteiger partial charge < -0.3 is 25.8 Å². The monoisotopic (exact) mass is 339 g/mol. The van der Waals surface area contributed by atoms with Gasteiger partial charge in [0.15, 0.2) is 0 Å². The largest absolute Gasteiger partial charge is 0.499 e. The lowest BCUT2D eigenvalue weighted by Gasteiger charge is -2.22. The van der Waals surface area contributed by atoms with Gasteiger partial charge in [0.25, 0.3) is 0 Å². The van der Waals surface area contributed by atoms with Crippen LogP contribution >= 0.6 is 0 Å².